The summed E-state index contributed by atoms with van der Waals surface area (Å²) in [6, 6.07) is 16.4. The Morgan fingerprint density at radius 3 is 2.48 bits per heavy atom. The first-order chi connectivity index (χ1) is 15.0. The molecule has 0 aliphatic rings. The van der Waals surface area contributed by atoms with Gasteiger partial charge in [0.2, 0.25) is 5.91 Å². The highest BCUT2D eigenvalue weighted by atomic mass is 32.1. The fraction of sp³-hybridized carbons (Fsp3) is 0.217. The van der Waals surface area contributed by atoms with Crippen molar-refractivity contribution >= 4 is 29.5 Å². The normalized spacial score (nSPS) is 11.7. The molecule has 0 spiro atoms. The van der Waals surface area contributed by atoms with E-state index in [2.05, 4.69) is 46.4 Å². The quantitative estimate of drug-likeness (QED) is 0.436. The number of carbonyl (C=O) groups excluding carboxylic acids is 1. The second kappa shape index (κ2) is 9.36. The first-order valence-electron chi connectivity index (χ1n) is 9.99. The third kappa shape index (κ3) is 5.15. The minimum Gasteiger partial charge on any atom is -0.319 e. The van der Waals surface area contributed by atoms with Crippen molar-refractivity contribution in [2.45, 2.75) is 33.4 Å². The second-order valence-corrected chi connectivity index (χ2v) is 8.68. The van der Waals surface area contributed by atoms with Crippen molar-refractivity contribution in [3.05, 3.63) is 86.4 Å². The lowest BCUT2D eigenvalue weighted by molar-refractivity contribution is -0.118. The number of nitrogens with zero attached hydrogens (tertiary/aromatic N) is 4. The van der Waals surface area contributed by atoms with Crippen LogP contribution >= 0.6 is 23.6 Å². The van der Waals surface area contributed by atoms with Gasteiger partial charge in [-0.3, -0.25) is 14.5 Å². The fourth-order valence-corrected chi connectivity index (χ4v) is 4.18. The molecule has 0 atom stereocenters. The summed E-state index contributed by atoms with van der Waals surface area (Å²) in [5.41, 5.74) is 4.53. The monoisotopic (exact) mass is 449 g/mol. The summed E-state index contributed by atoms with van der Waals surface area (Å²) >= 11 is 6.83. The molecule has 4 rings (SSSR count). The molecule has 0 aliphatic carbocycles. The lowest BCUT2D eigenvalue weighted by Gasteiger charge is -2.06. The minimum atomic E-state index is -0.182. The molecule has 0 saturated carbocycles. The van der Waals surface area contributed by atoms with Crippen molar-refractivity contribution in [1.29, 1.82) is 0 Å². The number of thiazole rings is 1. The van der Waals surface area contributed by atoms with E-state index in [0.29, 0.717) is 22.7 Å². The topological polar surface area (TPSA) is 68.0 Å². The first kappa shape index (κ1) is 21.1. The molecule has 158 valence electrons. The molecule has 0 aliphatic heterocycles. The van der Waals surface area contributed by atoms with Gasteiger partial charge in [-0.1, -0.05) is 59.7 Å². The Labute approximate surface area is 189 Å². The van der Waals surface area contributed by atoms with E-state index >= 15 is 0 Å². The molecule has 8 heteroatoms. The number of H-pyrrole nitrogens is 1. The zero-order valence-corrected chi connectivity index (χ0v) is 19.0. The number of carbonyl (C=O) groups is 1. The van der Waals surface area contributed by atoms with Gasteiger partial charge in [-0.15, -0.1) is 11.3 Å². The summed E-state index contributed by atoms with van der Waals surface area (Å²) in [4.78, 5) is 17.6. The van der Waals surface area contributed by atoms with Crippen LogP contribution < -0.4 is 4.80 Å². The van der Waals surface area contributed by atoms with Crippen molar-refractivity contribution in [3.8, 4) is 11.4 Å². The Balaban J connectivity index is 1.48. The van der Waals surface area contributed by atoms with Crippen molar-refractivity contribution < 1.29 is 4.79 Å². The lowest BCUT2D eigenvalue weighted by atomic mass is 10.1. The van der Waals surface area contributed by atoms with Gasteiger partial charge in [-0.2, -0.15) is 10.1 Å². The van der Waals surface area contributed by atoms with Crippen LogP contribution in [-0.2, 0) is 17.9 Å². The van der Waals surface area contributed by atoms with Crippen LogP contribution in [0.2, 0.25) is 0 Å². The van der Waals surface area contributed by atoms with E-state index in [9.17, 15) is 4.79 Å². The summed E-state index contributed by atoms with van der Waals surface area (Å²) in [6.45, 7) is 5.21. The van der Waals surface area contributed by atoms with Gasteiger partial charge in [0, 0.05) is 36.7 Å². The van der Waals surface area contributed by atoms with Crippen molar-refractivity contribution in [1.82, 2.24) is 19.3 Å². The number of rotatable bonds is 6. The van der Waals surface area contributed by atoms with Crippen molar-refractivity contribution in [2.24, 2.45) is 4.99 Å². The SMILES string of the molecule is Cc1ccc(Cn2ccsc2=NC(=O)CCn2c(-c3ccc(C)cc3)n[nH]c2=S)cc1. The Kier molecular flexibility index (Phi) is 6.39. The summed E-state index contributed by atoms with van der Waals surface area (Å²) < 4.78 is 4.34. The summed E-state index contributed by atoms with van der Waals surface area (Å²) in [5.74, 6) is 0.543. The zero-order valence-electron chi connectivity index (χ0n) is 17.4. The van der Waals surface area contributed by atoms with Gasteiger partial charge in [0.1, 0.15) is 0 Å². The predicted octanol–water partition coefficient (Wildman–Crippen LogP) is 4.65. The zero-order chi connectivity index (χ0) is 21.8. The maximum atomic E-state index is 12.6. The van der Waals surface area contributed by atoms with E-state index in [0.717, 1.165) is 11.4 Å². The van der Waals surface area contributed by atoms with Crippen molar-refractivity contribution in [3.63, 3.8) is 0 Å². The van der Waals surface area contributed by atoms with Gasteiger partial charge in [0.25, 0.3) is 0 Å². The highest BCUT2D eigenvalue weighted by Gasteiger charge is 2.11. The Morgan fingerprint density at radius 2 is 1.77 bits per heavy atom. The standard InChI is InChI=1S/C23H23N5OS2/c1-16-3-7-18(8-4-16)15-27-13-14-31-23(27)24-20(29)11-12-28-21(25-26-22(28)30)19-9-5-17(2)6-10-19/h3-10,13-14H,11-12,15H2,1-2H3,(H,26,30). The van der Waals surface area contributed by atoms with Crippen LogP contribution in [-0.4, -0.2) is 25.2 Å². The van der Waals surface area contributed by atoms with Gasteiger partial charge in [-0.25, -0.2) is 0 Å². The molecule has 0 saturated heterocycles. The molecule has 6 nitrogen and oxygen atoms in total. The largest absolute Gasteiger partial charge is 0.319 e. The number of aromatic nitrogens is 4. The van der Waals surface area contributed by atoms with Crippen LogP contribution in [0.1, 0.15) is 23.1 Å². The number of nitrogens with one attached hydrogen (secondary N) is 1. The number of benzene rings is 2. The molecule has 2 aromatic carbocycles. The van der Waals surface area contributed by atoms with E-state index in [4.69, 9.17) is 12.2 Å². The van der Waals surface area contributed by atoms with Crippen LogP contribution in [0.15, 0.2) is 65.1 Å². The number of hydrogen-bond acceptors (Lipinski definition) is 4. The molecule has 4 aromatic rings. The molecule has 2 heterocycles. The summed E-state index contributed by atoms with van der Waals surface area (Å²) in [6.07, 6.45) is 2.20. The molecule has 0 radical (unpaired) electrons. The molecular weight excluding hydrogens is 426 g/mol. The van der Waals surface area contributed by atoms with Crippen molar-refractivity contribution in [2.75, 3.05) is 0 Å². The van der Waals surface area contributed by atoms with E-state index in [1.54, 1.807) is 0 Å². The highest BCUT2D eigenvalue weighted by molar-refractivity contribution is 7.71. The molecule has 0 fully saturated rings. The van der Waals surface area contributed by atoms with Crippen LogP contribution in [0, 0.1) is 18.6 Å². The number of aromatic amines is 1. The first-order valence-corrected chi connectivity index (χ1v) is 11.3. The van der Waals surface area contributed by atoms with Gasteiger partial charge in [0.15, 0.2) is 15.4 Å². The molecule has 1 amide bonds. The molecule has 1 N–H and O–H groups in total. The number of amides is 1. The van der Waals surface area contributed by atoms with Crippen LogP contribution in [0.25, 0.3) is 11.4 Å². The molecule has 31 heavy (non-hydrogen) atoms. The molecular formula is C23H23N5OS2. The van der Waals surface area contributed by atoms with E-state index in [1.165, 1.54) is 28.0 Å². The molecule has 0 bridgehead atoms. The van der Waals surface area contributed by atoms with Gasteiger partial charge >= 0.3 is 0 Å². The van der Waals surface area contributed by atoms with E-state index in [1.807, 2.05) is 51.9 Å². The van der Waals surface area contributed by atoms with Gasteiger partial charge < -0.3 is 4.57 Å². The minimum absolute atomic E-state index is 0.182. The van der Waals surface area contributed by atoms with Gasteiger partial charge in [0.05, 0.1) is 0 Å². The number of hydrogen-bond donors (Lipinski definition) is 1. The van der Waals surface area contributed by atoms with Crippen LogP contribution in [0.5, 0.6) is 0 Å². The average Bonchev–Trinajstić information content (AvgIpc) is 3.35. The third-order valence-electron chi connectivity index (χ3n) is 4.97. The second-order valence-electron chi connectivity index (χ2n) is 7.42. The summed E-state index contributed by atoms with van der Waals surface area (Å²) in [7, 11) is 0. The maximum Gasteiger partial charge on any atom is 0.250 e. The predicted molar refractivity (Wildman–Crippen MR) is 125 cm³/mol. The smallest absolute Gasteiger partial charge is 0.250 e. The van der Waals surface area contributed by atoms with Gasteiger partial charge in [-0.05, 0) is 31.6 Å². The average molecular weight is 450 g/mol. The fourth-order valence-electron chi connectivity index (χ4n) is 3.22. The van der Waals surface area contributed by atoms with Crippen LogP contribution in [0.3, 0.4) is 0 Å². The maximum absolute atomic E-state index is 12.6. The Morgan fingerprint density at radius 1 is 1.10 bits per heavy atom. The lowest BCUT2D eigenvalue weighted by Crippen LogP contribution is -2.17. The van der Waals surface area contributed by atoms with Crippen LogP contribution in [0.4, 0.5) is 0 Å². The molecule has 2 aromatic heterocycles. The molecule has 0 unspecified atom stereocenters. The van der Waals surface area contributed by atoms with E-state index < -0.39 is 0 Å². The summed E-state index contributed by atoms with van der Waals surface area (Å²) in [5, 5.41) is 9.12. The number of aryl methyl sites for hydroxylation is 2. The third-order valence-corrected chi connectivity index (χ3v) is 6.08. The Bertz CT molecular complexity index is 1310. The van der Waals surface area contributed by atoms with E-state index in [-0.39, 0.29) is 12.3 Å². The Hall–Kier alpha value is -3.10. The highest BCUT2D eigenvalue weighted by Crippen LogP contribution is 2.18.